The van der Waals surface area contributed by atoms with Crippen LogP contribution in [0.5, 0.6) is 0 Å². The van der Waals surface area contributed by atoms with Crippen LogP contribution in [-0.2, 0) is 18.6 Å². The second kappa shape index (κ2) is 14.4. The third-order valence-electron chi connectivity index (χ3n) is 3.63. The van der Waals surface area contributed by atoms with Crippen LogP contribution in [0.15, 0.2) is 0 Å². The Morgan fingerprint density at radius 2 is 1.40 bits per heavy atom. The van der Waals surface area contributed by atoms with Crippen molar-refractivity contribution in [3.8, 4) is 0 Å². The molecule has 1 saturated heterocycles. The molecule has 0 N–H and O–H groups in total. The van der Waals surface area contributed by atoms with E-state index in [0.717, 1.165) is 19.6 Å². The van der Waals surface area contributed by atoms with E-state index in [1.54, 1.807) is 0 Å². The van der Waals surface area contributed by atoms with Gasteiger partial charge in [-0.1, -0.05) is 20.8 Å². The van der Waals surface area contributed by atoms with Crippen LogP contribution in [-0.4, -0.2) is 73.1 Å². The normalized spacial score (nSPS) is 16.8. The largest absolute Gasteiger partial charge is 0.360 e. The number of hydrogen-bond acceptors (Lipinski definition) is 3. The van der Waals surface area contributed by atoms with Crippen LogP contribution >= 0.6 is 0 Å². The van der Waals surface area contributed by atoms with Gasteiger partial charge in [-0.25, -0.2) is 0 Å². The van der Waals surface area contributed by atoms with Gasteiger partial charge in [0.15, 0.2) is 0 Å². The van der Waals surface area contributed by atoms with Crippen molar-refractivity contribution in [3.63, 3.8) is 0 Å². The maximum absolute atomic E-state index is 3.89. The Morgan fingerprint density at radius 3 is 1.65 bits per heavy atom. The summed E-state index contributed by atoms with van der Waals surface area (Å²) in [6, 6.07) is 0.588. The maximum atomic E-state index is 3.89. The monoisotopic (exact) mass is 319 g/mol. The van der Waals surface area contributed by atoms with Crippen molar-refractivity contribution in [3.05, 3.63) is 20.8 Å². The molecule has 0 bridgehead atoms. The number of nitrogens with zero attached hydrogens (tertiary/aromatic N) is 3. The first-order valence-corrected chi connectivity index (χ1v) is 7.65. The van der Waals surface area contributed by atoms with E-state index in [4.69, 9.17) is 0 Å². The van der Waals surface area contributed by atoms with Crippen molar-refractivity contribution < 1.29 is 18.6 Å². The smallest absolute Gasteiger partial charge is 0.0109 e. The number of hydrogen-bond donors (Lipinski definition) is 0. The van der Waals surface area contributed by atoms with E-state index >= 15 is 0 Å². The first-order chi connectivity index (χ1) is 9.08. The summed E-state index contributed by atoms with van der Waals surface area (Å²) in [4.78, 5) is 7.14. The predicted molar refractivity (Wildman–Crippen MR) is 86.0 cm³/mol. The molecule has 0 aromatic rings. The molecule has 1 heterocycles. The van der Waals surface area contributed by atoms with Crippen molar-refractivity contribution in [2.24, 2.45) is 0 Å². The molecule has 0 aliphatic carbocycles. The summed E-state index contributed by atoms with van der Waals surface area (Å²) >= 11 is 0. The van der Waals surface area contributed by atoms with Gasteiger partial charge in [-0.3, -0.25) is 0 Å². The summed E-state index contributed by atoms with van der Waals surface area (Å²) in [5.74, 6) is 0. The standard InChI is InChI=1S/C9H19N2.C7H15N.V/c1-3-5-11-8-6-10(4-2)7-9-11;1-5-8(6-2)7(3)4;/h2-9H2,1H3;7H,1-2,5-6H2,3-4H3;/q-1;-2;. The van der Waals surface area contributed by atoms with Gasteiger partial charge in [0.05, 0.1) is 0 Å². The molecule has 3 nitrogen and oxygen atoms in total. The second-order valence-corrected chi connectivity index (χ2v) is 5.31. The fraction of sp³-hybridized carbons (Fsp3) is 0.812. The Balaban J connectivity index is 0. The molecule has 1 fully saturated rings. The fourth-order valence-electron chi connectivity index (χ4n) is 2.18. The van der Waals surface area contributed by atoms with Gasteiger partial charge >= 0.3 is 0 Å². The van der Waals surface area contributed by atoms with Crippen LogP contribution in [0, 0.1) is 20.8 Å². The van der Waals surface area contributed by atoms with Crippen LogP contribution in [0.1, 0.15) is 27.2 Å². The van der Waals surface area contributed by atoms with Crippen LogP contribution in [0.2, 0.25) is 0 Å². The second-order valence-electron chi connectivity index (χ2n) is 5.31. The quantitative estimate of drug-likeness (QED) is 0.695. The fourth-order valence-corrected chi connectivity index (χ4v) is 2.18. The van der Waals surface area contributed by atoms with E-state index in [9.17, 15) is 0 Å². The van der Waals surface area contributed by atoms with Gasteiger partial charge in [0.1, 0.15) is 0 Å². The average Bonchev–Trinajstić information content (AvgIpc) is 2.42. The maximum Gasteiger partial charge on any atom is 0.0109 e. The molecule has 0 aromatic carbocycles. The van der Waals surface area contributed by atoms with Crippen LogP contribution in [0.25, 0.3) is 0 Å². The third kappa shape index (κ3) is 10.2. The molecule has 0 amide bonds. The number of piperazine rings is 1. The van der Waals surface area contributed by atoms with Gasteiger partial charge in [-0.05, 0) is 19.0 Å². The molecule has 1 aliphatic heterocycles. The molecular formula is C16H34N3V-3. The third-order valence-corrected chi connectivity index (χ3v) is 3.63. The summed E-state index contributed by atoms with van der Waals surface area (Å²) < 4.78 is 0. The predicted octanol–water partition coefficient (Wildman–Crippen LogP) is 2.21. The van der Waals surface area contributed by atoms with Crippen LogP contribution in [0.4, 0.5) is 0 Å². The van der Waals surface area contributed by atoms with E-state index in [2.05, 4.69) is 56.2 Å². The van der Waals surface area contributed by atoms with Gasteiger partial charge in [0.25, 0.3) is 0 Å². The Kier molecular flexibility index (Phi) is 16.4. The van der Waals surface area contributed by atoms with E-state index in [-0.39, 0.29) is 18.6 Å². The van der Waals surface area contributed by atoms with Crippen molar-refractivity contribution in [1.29, 1.82) is 0 Å². The van der Waals surface area contributed by atoms with Crippen LogP contribution < -0.4 is 0 Å². The zero-order chi connectivity index (χ0) is 14.7. The van der Waals surface area contributed by atoms with E-state index in [1.165, 1.54) is 39.1 Å². The van der Waals surface area contributed by atoms with E-state index in [0.29, 0.717) is 6.04 Å². The first-order valence-electron chi connectivity index (χ1n) is 7.65. The minimum Gasteiger partial charge on any atom is -0.360 e. The zero-order valence-electron chi connectivity index (χ0n) is 13.9. The first kappa shape index (κ1) is 22.7. The molecule has 121 valence electrons. The molecule has 0 unspecified atom stereocenters. The Hall–Kier alpha value is 0.464. The topological polar surface area (TPSA) is 9.72 Å². The van der Waals surface area contributed by atoms with E-state index < -0.39 is 0 Å². The van der Waals surface area contributed by atoms with Gasteiger partial charge in [0.2, 0.25) is 0 Å². The molecule has 1 rings (SSSR count). The van der Waals surface area contributed by atoms with Gasteiger partial charge in [-0.2, -0.15) is 0 Å². The summed E-state index contributed by atoms with van der Waals surface area (Å²) in [6.45, 7) is 26.8. The molecule has 1 aliphatic rings. The minimum absolute atomic E-state index is 0. The van der Waals surface area contributed by atoms with Crippen molar-refractivity contribution in [1.82, 2.24) is 14.7 Å². The number of rotatable bonds is 6. The molecule has 0 spiro atoms. The van der Waals surface area contributed by atoms with Crippen molar-refractivity contribution in [2.75, 3.05) is 52.4 Å². The Bertz CT molecular complexity index is 188. The molecular weight excluding hydrogens is 285 g/mol. The summed E-state index contributed by atoms with van der Waals surface area (Å²) in [6.07, 6.45) is 1.28. The van der Waals surface area contributed by atoms with Crippen molar-refractivity contribution >= 4 is 0 Å². The van der Waals surface area contributed by atoms with Crippen molar-refractivity contribution in [2.45, 2.75) is 33.2 Å². The molecule has 20 heavy (non-hydrogen) atoms. The summed E-state index contributed by atoms with van der Waals surface area (Å²) in [5, 5.41) is 0. The molecule has 4 heteroatoms. The molecule has 0 saturated carbocycles. The minimum atomic E-state index is 0. The van der Waals surface area contributed by atoms with Crippen LogP contribution in [0.3, 0.4) is 0 Å². The Morgan fingerprint density at radius 1 is 0.950 bits per heavy atom. The molecule has 0 aromatic heterocycles. The SMILES string of the molecule is [CH2-]CN(C[CH2-])C(C)C.[CH2-]CN1CCN(CCC)CC1.[V]. The van der Waals surface area contributed by atoms with Gasteiger partial charge in [0, 0.05) is 44.7 Å². The van der Waals surface area contributed by atoms with E-state index in [1.807, 2.05) is 0 Å². The molecule has 0 atom stereocenters. The molecule has 1 radical (unpaired) electrons. The Labute approximate surface area is 140 Å². The summed E-state index contributed by atoms with van der Waals surface area (Å²) in [5.41, 5.74) is 0. The summed E-state index contributed by atoms with van der Waals surface area (Å²) in [7, 11) is 0. The zero-order valence-corrected chi connectivity index (χ0v) is 15.2. The van der Waals surface area contributed by atoms with Gasteiger partial charge in [-0.15, -0.1) is 19.6 Å². The average molecular weight is 319 g/mol. The van der Waals surface area contributed by atoms with Gasteiger partial charge < -0.3 is 35.5 Å².